The smallest absolute Gasteiger partial charge is 0.313 e. The normalized spacial score (nSPS) is 11.1. The Morgan fingerprint density at radius 2 is 2.12 bits per heavy atom. The summed E-state index contributed by atoms with van der Waals surface area (Å²) in [5, 5.41) is 10.6. The van der Waals surface area contributed by atoms with Gasteiger partial charge in [-0.1, -0.05) is 22.7 Å². The number of fused-ring (bicyclic) bond motifs is 1. The van der Waals surface area contributed by atoms with Crippen molar-refractivity contribution in [1.82, 2.24) is 20.2 Å². The molecule has 4 rings (SSSR count). The van der Waals surface area contributed by atoms with Gasteiger partial charge in [-0.3, -0.25) is 0 Å². The third kappa shape index (κ3) is 2.59. The highest BCUT2D eigenvalue weighted by molar-refractivity contribution is 6.32. The molecule has 9 heteroatoms. The van der Waals surface area contributed by atoms with Gasteiger partial charge in [0.1, 0.15) is 13.4 Å². The highest BCUT2D eigenvalue weighted by atomic mass is 19.1. The maximum absolute atomic E-state index is 15.1. The molecule has 4 N–H and O–H groups in total. The molecule has 0 aliphatic carbocycles. The van der Waals surface area contributed by atoms with E-state index in [1.165, 1.54) is 6.33 Å². The Balaban J connectivity index is 1.92. The largest absolute Gasteiger partial charge is 0.403 e. The number of anilines is 3. The molecule has 0 saturated heterocycles. The molecule has 0 saturated carbocycles. The first-order valence-corrected chi connectivity index (χ1v) is 7.41. The molecule has 0 aliphatic heterocycles. The highest BCUT2D eigenvalue weighted by Gasteiger charge is 2.21. The summed E-state index contributed by atoms with van der Waals surface area (Å²) >= 11 is 0. The number of hydrogen-bond donors (Lipinski definition) is 3. The van der Waals surface area contributed by atoms with Crippen LogP contribution in [0, 0.1) is 12.7 Å². The van der Waals surface area contributed by atoms with Crippen molar-refractivity contribution in [2.45, 2.75) is 6.92 Å². The average molecular weight is 334 g/mol. The van der Waals surface area contributed by atoms with Gasteiger partial charge in [0.15, 0.2) is 5.82 Å². The van der Waals surface area contributed by atoms with Crippen LogP contribution in [0.2, 0.25) is 0 Å². The number of aromatic amines is 1. The van der Waals surface area contributed by atoms with E-state index in [0.29, 0.717) is 22.2 Å². The molecule has 0 bridgehead atoms. The van der Waals surface area contributed by atoms with Gasteiger partial charge in [0.05, 0.1) is 23.1 Å². The number of nitrogen functional groups attached to an aromatic ring is 1. The van der Waals surface area contributed by atoms with Crippen LogP contribution in [0.5, 0.6) is 0 Å². The van der Waals surface area contributed by atoms with Gasteiger partial charge in [0, 0.05) is 5.69 Å². The first-order valence-electron chi connectivity index (χ1n) is 7.41. The molecule has 0 atom stereocenters. The van der Waals surface area contributed by atoms with Crippen LogP contribution in [-0.2, 0) is 0 Å². The van der Waals surface area contributed by atoms with Gasteiger partial charge in [-0.15, -0.1) is 5.10 Å². The molecule has 2 aromatic carbocycles. The van der Waals surface area contributed by atoms with E-state index in [0.717, 1.165) is 5.56 Å². The lowest BCUT2D eigenvalue weighted by Gasteiger charge is -2.14. The van der Waals surface area contributed by atoms with E-state index in [1.54, 1.807) is 24.3 Å². The summed E-state index contributed by atoms with van der Waals surface area (Å²) in [4.78, 5) is 6.89. The predicted octanol–water partition coefficient (Wildman–Crippen LogP) is 2.18. The van der Waals surface area contributed by atoms with Crippen molar-refractivity contribution < 1.29 is 8.81 Å². The second kappa shape index (κ2) is 5.62. The molecule has 2 aromatic heterocycles. The van der Waals surface area contributed by atoms with Gasteiger partial charge in [0.2, 0.25) is 0 Å². The van der Waals surface area contributed by atoms with E-state index in [9.17, 15) is 0 Å². The van der Waals surface area contributed by atoms with Crippen LogP contribution < -0.4 is 16.5 Å². The van der Waals surface area contributed by atoms with Crippen molar-refractivity contribution in [2.75, 3.05) is 11.1 Å². The van der Waals surface area contributed by atoms with E-state index >= 15 is 4.39 Å². The lowest BCUT2D eigenvalue weighted by Crippen LogP contribution is -2.05. The molecule has 0 unspecified atom stereocenters. The number of rotatable bonds is 3. The van der Waals surface area contributed by atoms with Crippen LogP contribution in [0.3, 0.4) is 0 Å². The van der Waals surface area contributed by atoms with Gasteiger partial charge in [0.25, 0.3) is 5.89 Å². The number of aryl methyl sites for hydroxylation is 1. The number of imidazole rings is 1. The van der Waals surface area contributed by atoms with Gasteiger partial charge < -0.3 is 20.5 Å². The Morgan fingerprint density at radius 1 is 1.28 bits per heavy atom. The minimum atomic E-state index is -0.540. The summed E-state index contributed by atoms with van der Waals surface area (Å²) in [6.45, 7) is 1.87. The summed E-state index contributed by atoms with van der Waals surface area (Å²) in [6, 6.07) is 6.86. The lowest BCUT2D eigenvalue weighted by atomic mass is 9.94. The van der Waals surface area contributed by atoms with Crippen LogP contribution in [0.15, 0.2) is 35.0 Å². The van der Waals surface area contributed by atoms with Crippen LogP contribution in [-0.4, -0.2) is 28.0 Å². The number of H-pyrrole nitrogens is 1. The fraction of sp³-hybridized carbons (Fsp3) is 0.0625. The summed E-state index contributed by atoms with van der Waals surface area (Å²) in [7, 11) is 5.77. The quantitative estimate of drug-likeness (QED) is 0.496. The summed E-state index contributed by atoms with van der Waals surface area (Å²) in [6.07, 6.45) is 1.41. The van der Waals surface area contributed by atoms with Crippen molar-refractivity contribution >= 4 is 41.7 Å². The molecule has 0 fully saturated rings. The minimum Gasteiger partial charge on any atom is -0.403 e. The Hall–Kier alpha value is -3.36. The molecule has 25 heavy (non-hydrogen) atoms. The fourth-order valence-electron chi connectivity index (χ4n) is 2.64. The molecule has 0 spiro atoms. The number of nitrogens with two attached hydrogens (primary N) is 1. The summed E-state index contributed by atoms with van der Waals surface area (Å²) < 4.78 is 20.3. The summed E-state index contributed by atoms with van der Waals surface area (Å²) in [5.41, 5.74) is 8.91. The lowest BCUT2D eigenvalue weighted by molar-refractivity contribution is 0.589. The average Bonchev–Trinajstić information content (AvgIpc) is 3.20. The van der Waals surface area contributed by atoms with Crippen molar-refractivity contribution in [3.05, 3.63) is 42.0 Å². The van der Waals surface area contributed by atoms with E-state index in [1.807, 2.05) is 6.92 Å². The third-order valence-electron chi connectivity index (χ3n) is 3.84. The number of aromatic nitrogens is 4. The maximum atomic E-state index is 15.1. The van der Waals surface area contributed by atoms with Crippen LogP contribution in [0.25, 0.3) is 22.5 Å². The Bertz CT molecular complexity index is 1090. The van der Waals surface area contributed by atoms with Gasteiger partial charge in [-0.05, 0) is 24.6 Å². The number of halogens is 1. The van der Waals surface area contributed by atoms with Gasteiger partial charge in [-0.25, -0.2) is 9.37 Å². The molecule has 0 amide bonds. The Kier molecular flexibility index (Phi) is 3.42. The number of nitrogens with zero attached hydrogens (tertiary/aromatic N) is 3. The SMILES string of the molecule is [B]c1ccc(Nc2c(-c3nnc(N)o3)cc3[nH]cnc3c2F)c(C)c1. The second-order valence-electron chi connectivity index (χ2n) is 5.56. The third-order valence-corrected chi connectivity index (χ3v) is 3.84. The van der Waals surface area contributed by atoms with Crippen molar-refractivity contribution in [3.8, 4) is 11.5 Å². The second-order valence-corrected chi connectivity index (χ2v) is 5.56. The predicted molar refractivity (Wildman–Crippen MR) is 93.6 cm³/mol. The molecule has 2 radical (unpaired) electrons. The fourth-order valence-corrected chi connectivity index (χ4v) is 2.64. The van der Waals surface area contributed by atoms with E-state index in [-0.39, 0.29) is 23.1 Å². The van der Waals surface area contributed by atoms with E-state index < -0.39 is 5.82 Å². The highest BCUT2D eigenvalue weighted by Crippen LogP contribution is 2.36. The molecule has 4 aromatic rings. The van der Waals surface area contributed by atoms with Crippen LogP contribution in [0.1, 0.15) is 5.56 Å². The number of nitrogens with one attached hydrogen (secondary N) is 2. The van der Waals surface area contributed by atoms with Crippen LogP contribution >= 0.6 is 0 Å². The van der Waals surface area contributed by atoms with Gasteiger partial charge >= 0.3 is 6.01 Å². The zero-order valence-corrected chi connectivity index (χ0v) is 13.2. The van der Waals surface area contributed by atoms with Gasteiger partial charge in [-0.2, -0.15) is 0 Å². The van der Waals surface area contributed by atoms with Crippen molar-refractivity contribution in [2.24, 2.45) is 0 Å². The molecule has 7 nitrogen and oxygen atoms in total. The summed E-state index contributed by atoms with van der Waals surface area (Å²) in [5.74, 6) is -0.440. The van der Waals surface area contributed by atoms with Crippen molar-refractivity contribution in [1.29, 1.82) is 0 Å². The molecule has 0 aliphatic rings. The first kappa shape index (κ1) is 15.2. The van der Waals surface area contributed by atoms with E-state index in [4.69, 9.17) is 18.0 Å². The standard InChI is InChI=1S/C16H12BFN6O/c1-7-4-8(17)2-3-10(7)22-13-9(15-23-24-16(19)25-15)5-11-14(12(13)18)21-6-20-11/h2-6,22H,1H3,(H2,19,24)(H,20,21). The Morgan fingerprint density at radius 3 is 2.84 bits per heavy atom. The molecular formula is C16H12BFN6O. The monoisotopic (exact) mass is 334 g/mol. The number of benzene rings is 2. The maximum Gasteiger partial charge on any atom is 0.313 e. The molecular weight excluding hydrogens is 322 g/mol. The molecule has 122 valence electrons. The topological polar surface area (TPSA) is 106 Å². The van der Waals surface area contributed by atoms with Crippen LogP contribution in [0.4, 0.5) is 21.8 Å². The van der Waals surface area contributed by atoms with Crippen molar-refractivity contribution in [3.63, 3.8) is 0 Å². The number of hydrogen-bond acceptors (Lipinski definition) is 6. The molecule has 2 heterocycles. The Labute approximate surface area is 142 Å². The van der Waals surface area contributed by atoms with E-state index in [2.05, 4.69) is 25.5 Å². The zero-order valence-electron chi connectivity index (χ0n) is 13.2. The first-order chi connectivity index (χ1) is 12.0. The minimum absolute atomic E-state index is 0.100. The zero-order chi connectivity index (χ0) is 17.6.